The van der Waals surface area contributed by atoms with Crippen molar-refractivity contribution in [2.24, 2.45) is 0 Å². The molecule has 3 aromatic rings. The van der Waals surface area contributed by atoms with E-state index in [0.29, 0.717) is 31.1 Å². The molecule has 29 heavy (non-hydrogen) atoms. The minimum Gasteiger partial charge on any atom is -0.282 e. The highest BCUT2D eigenvalue weighted by atomic mass is 32.2. The summed E-state index contributed by atoms with van der Waals surface area (Å²) in [6, 6.07) is 15.0. The lowest BCUT2D eigenvalue weighted by Crippen LogP contribution is -2.47. The highest BCUT2D eigenvalue weighted by molar-refractivity contribution is 7.88. The molecule has 1 aromatic heterocycles. The summed E-state index contributed by atoms with van der Waals surface area (Å²) in [6.07, 6.45) is 2.38. The van der Waals surface area contributed by atoms with Crippen LogP contribution in [0.4, 0.5) is 5.13 Å². The van der Waals surface area contributed by atoms with Crippen molar-refractivity contribution in [3.8, 4) is 0 Å². The second-order valence-electron chi connectivity index (χ2n) is 7.41. The van der Waals surface area contributed by atoms with Crippen molar-refractivity contribution in [2.75, 3.05) is 17.7 Å². The summed E-state index contributed by atoms with van der Waals surface area (Å²) in [5.41, 5.74) is 2.95. The van der Waals surface area contributed by atoms with Gasteiger partial charge >= 0.3 is 0 Å². The molecule has 0 aliphatic carbocycles. The zero-order chi connectivity index (χ0) is 20.6. The van der Waals surface area contributed by atoms with E-state index in [9.17, 15) is 13.2 Å². The fourth-order valence-electron chi connectivity index (χ4n) is 3.70. The Morgan fingerprint density at radius 3 is 2.72 bits per heavy atom. The lowest BCUT2D eigenvalue weighted by Gasteiger charge is -2.27. The van der Waals surface area contributed by atoms with Crippen LogP contribution in [0.15, 0.2) is 48.5 Å². The van der Waals surface area contributed by atoms with Crippen molar-refractivity contribution in [3.63, 3.8) is 0 Å². The van der Waals surface area contributed by atoms with E-state index in [4.69, 9.17) is 0 Å². The van der Waals surface area contributed by atoms with Gasteiger partial charge in [0.25, 0.3) is 0 Å². The van der Waals surface area contributed by atoms with Gasteiger partial charge in [-0.1, -0.05) is 47.7 Å². The summed E-state index contributed by atoms with van der Waals surface area (Å²) in [4.78, 5) is 19.9. The van der Waals surface area contributed by atoms with E-state index in [1.165, 1.54) is 21.9 Å². The molecule has 0 N–H and O–H groups in total. The molecule has 0 saturated carbocycles. The van der Waals surface area contributed by atoms with Gasteiger partial charge in [0, 0.05) is 6.54 Å². The Balaban J connectivity index is 1.74. The van der Waals surface area contributed by atoms with E-state index in [1.54, 1.807) is 4.90 Å². The average molecular weight is 430 g/mol. The van der Waals surface area contributed by atoms with Crippen LogP contribution >= 0.6 is 11.3 Å². The molecule has 1 aliphatic heterocycles. The first-order valence-corrected chi connectivity index (χ1v) is 12.2. The van der Waals surface area contributed by atoms with E-state index in [1.807, 2.05) is 49.4 Å². The molecule has 6 nitrogen and oxygen atoms in total. The van der Waals surface area contributed by atoms with Gasteiger partial charge in [-0.05, 0) is 43.0 Å². The number of carbonyl (C=O) groups is 1. The molecule has 0 radical (unpaired) electrons. The van der Waals surface area contributed by atoms with Crippen molar-refractivity contribution < 1.29 is 13.2 Å². The Labute approximate surface area is 174 Å². The first-order chi connectivity index (χ1) is 13.8. The number of fused-ring (bicyclic) bond motifs is 1. The maximum absolute atomic E-state index is 13.5. The minimum absolute atomic E-state index is 0.215. The lowest BCUT2D eigenvalue weighted by molar-refractivity contribution is -0.121. The molecule has 1 fully saturated rings. The molecule has 0 spiro atoms. The summed E-state index contributed by atoms with van der Waals surface area (Å²) in [7, 11) is -3.45. The van der Waals surface area contributed by atoms with Crippen LogP contribution in [0.2, 0.25) is 0 Å². The van der Waals surface area contributed by atoms with Crippen molar-refractivity contribution in [1.82, 2.24) is 9.29 Å². The molecule has 0 bridgehead atoms. The number of carbonyl (C=O) groups excluding carboxylic acids is 1. The van der Waals surface area contributed by atoms with E-state index in [0.717, 1.165) is 21.3 Å². The van der Waals surface area contributed by atoms with Gasteiger partial charge in [0.15, 0.2) is 5.13 Å². The highest BCUT2D eigenvalue weighted by Gasteiger charge is 2.39. The molecule has 1 unspecified atom stereocenters. The van der Waals surface area contributed by atoms with E-state index < -0.39 is 16.1 Å². The second-order valence-corrected chi connectivity index (χ2v) is 10.4. The van der Waals surface area contributed by atoms with Crippen LogP contribution in [0.25, 0.3) is 10.2 Å². The van der Waals surface area contributed by atoms with E-state index >= 15 is 0 Å². The summed E-state index contributed by atoms with van der Waals surface area (Å²) in [5.74, 6) is -0.215. The largest absolute Gasteiger partial charge is 0.282 e. The van der Waals surface area contributed by atoms with Gasteiger partial charge in [0.05, 0.1) is 23.0 Å². The maximum Gasteiger partial charge on any atom is 0.247 e. The van der Waals surface area contributed by atoms with Crippen LogP contribution in [0, 0.1) is 6.92 Å². The monoisotopic (exact) mass is 429 g/mol. The van der Waals surface area contributed by atoms with Crippen molar-refractivity contribution >= 4 is 42.6 Å². The van der Waals surface area contributed by atoms with Gasteiger partial charge in [-0.3, -0.25) is 9.69 Å². The van der Waals surface area contributed by atoms with E-state index in [-0.39, 0.29) is 5.91 Å². The first-order valence-electron chi connectivity index (χ1n) is 9.52. The average Bonchev–Trinajstić information content (AvgIpc) is 3.33. The summed E-state index contributed by atoms with van der Waals surface area (Å²) < 4.78 is 26.7. The van der Waals surface area contributed by atoms with Gasteiger partial charge in [0.1, 0.15) is 6.04 Å². The molecule has 1 aliphatic rings. The van der Waals surface area contributed by atoms with Gasteiger partial charge in [-0.15, -0.1) is 0 Å². The van der Waals surface area contributed by atoms with Crippen LogP contribution < -0.4 is 4.90 Å². The Hall–Kier alpha value is -2.29. The zero-order valence-electron chi connectivity index (χ0n) is 16.4. The Kier molecular flexibility index (Phi) is 5.42. The predicted molar refractivity (Wildman–Crippen MR) is 117 cm³/mol. The Morgan fingerprint density at radius 2 is 2.00 bits per heavy atom. The number of nitrogens with zero attached hydrogens (tertiary/aromatic N) is 3. The SMILES string of the molecule is Cc1ccc2nc(N(Cc3ccccc3)C(=O)C3CCCN3S(C)(=O)=O)sc2c1. The second kappa shape index (κ2) is 7.85. The quantitative estimate of drug-likeness (QED) is 0.622. The third-order valence-corrected chi connectivity index (χ3v) is 7.46. The molecule has 1 atom stereocenters. The smallest absolute Gasteiger partial charge is 0.247 e. The Morgan fingerprint density at radius 1 is 1.24 bits per heavy atom. The van der Waals surface area contributed by atoms with Crippen LogP contribution in [0.5, 0.6) is 0 Å². The highest BCUT2D eigenvalue weighted by Crippen LogP contribution is 2.32. The number of rotatable bonds is 5. The van der Waals surface area contributed by atoms with Gasteiger partial charge < -0.3 is 0 Å². The molecular formula is C21H23N3O3S2. The fourth-order valence-corrected chi connectivity index (χ4v) is 5.89. The molecule has 1 saturated heterocycles. The number of aryl methyl sites for hydroxylation is 1. The Bertz CT molecular complexity index is 1140. The summed E-state index contributed by atoms with van der Waals surface area (Å²) >= 11 is 1.46. The molecule has 8 heteroatoms. The summed E-state index contributed by atoms with van der Waals surface area (Å²) in [5, 5.41) is 0.597. The normalized spacial score (nSPS) is 17.7. The molecule has 4 rings (SSSR count). The van der Waals surface area contributed by atoms with Gasteiger partial charge in [-0.25, -0.2) is 13.4 Å². The maximum atomic E-state index is 13.5. The first kappa shape index (κ1) is 20.0. The van der Waals surface area contributed by atoms with Crippen LogP contribution in [-0.4, -0.2) is 42.5 Å². The number of thiazole rings is 1. The zero-order valence-corrected chi connectivity index (χ0v) is 18.0. The number of amides is 1. The van der Waals surface area contributed by atoms with Crippen molar-refractivity contribution in [3.05, 3.63) is 59.7 Å². The number of aromatic nitrogens is 1. The number of hydrogen-bond acceptors (Lipinski definition) is 5. The van der Waals surface area contributed by atoms with Crippen LogP contribution in [0.3, 0.4) is 0 Å². The third-order valence-electron chi connectivity index (χ3n) is 5.13. The molecular weight excluding hydrogens is 406 g/mol. The topological polar surface area (TPSA) is 70.6 Å². The molecule has 152 valence electrons. The summed E-state index contributed by atoms with van der Waals surface area (Å²) in [6.45, 7) is 2.76. The number of sulfonamides is 1. The standard InChI is InChI=1S/C21H23N3O3S2/c1-15-10-11-17-19(13-15)28-21(22-17)23(14-16-7-4-3-5-8-16)20(25)18-9-6-12-24(18)29(2,26)27/h3-5,7-8,10-11,13,18H,6,9,12,14H2,1-2H3. The molecule has 2 heterocycles. The number of benzene rings is 2. The minimum atomic E-state index is -3.45. The van der Waals surface area contributed by atoms with Gasteiger partial charge in [-0.2, -0.15) is 4.31 Å². The van der Waals surface area contributed by atoms with Crippen molar-refractivity contribution in [1.29, 1.82) is 0 Å². The van der Waals surface area contributed by atoms with Crippen LogP contribution in [-0.2, 0) is 21.4 Å². The fraction of sp³-hybridized carbons (Fsp3) is 0.333. The lowest BCUT2D eigenvalue weighted by atomic mass is 10.1. The molecule has 2 aromatic carbocycles. The third kappa shape index (κ3) is 4.19. The van der Waals surface area contributed by atoms with Gasteiger partial charge in [0.2, 0.25) is 15.9 Å². The van der Waals surface area contributed by atoms with E-state index in [2.05, 4.69) is 11.1 Å². The van der Waals surface area contributed by atoms with Crippen molar-refractivity contribution in [2.45, 2.75) is 32.4 Å². The number of hydrogen-bond donors (Lipinski definition) is 0. The predicted octanol–water partition coefficient (Wildman–Crippen LogP) is 3.56. The number of anilines is 1. The molecule has 1 amide bonds. The van der Waals surface area contributed by atoms with Crippen LogP contribution in [0.1, 0.15) is 24.0 Å².